The summed E-state index contributed by atoms with van der Waals surface area (Å²) in [4.78, 5) is 14.0. The number of pyridine rings is 1. The topological polar surface area (TPSA) is 41.0 Å². The van der Waals surface area contributed by atoms with Gasteiger partial charge < -0.3 is 14.5 Å². The summed E-state index contributed by atoms with van der Waals surface area (Å²) >= 11 is 1.80. The van der Waals surface area contributed by atoms with Crippen molar-refractivity contribution in [2.45, 2.75) is 31.5 Å². The van der Waals surface area contributed by atoms with E-state index in [-0.39, 0.29) is 17.9 Å². The summed E-state index contributed by atoms with van der Waals surface area (Å²) < 4.78 is 20.6. The second-order valence-corrected chi connectivity index (χ2v) is 8.63. The lowest BCUT2D eigenvalue weighted by Gasteiger charge is -2.33. The fourth-order valence-corrected chi connectivity index (χ4v) is 5.82. The van der Waals surface area contributed by atoms with Crippen LogP contribution in [0.3, 0.4) is 0 Å². The van der Waals surface area contributed by atoms with Crippen molar-refractivity contribution in [2.24, 2.45) is 4.99 Å². The molecule has 1 aromatic carbocycles. The molecule has 7 heteroatoms. The van der Waals surface area contributed by atoms with E-state index in [1.807, 2.05) is 30.5 Å². The Labute approximate surface area is 175 Å². The average molecular weight is 413 g/mol. The van der Waals surface area contributed by atoms with Crippen molar-refractivity contribution in [3.05, 3.63) is 59.7 Å². The van der Waals surface area contributed by atoms with Gasteiger partial charge in [0.1, 0.15) is 11.9 Å². The van der Waals surface area contributed by atoms with Crippen LogP contribution in [0.4, 0.5) is 10.1 Å². The van der Waals surface area contributed by atoms with Crippen LogP contribution in [0.15, 0.2) is 47.6 Å². The van der Waals surface area contributed by atoms with E-state index in [4.69, 9.17) is 9.73 Å². The van der Waals surface area contributed by atoms with E-state index in [2.05, 4.69) is 27.8 Å². The number of aliphatic imine (C=N–C) groups is 1. The normalized spacial score (nSPS) is 26.6. The molecule has 0 saturated carbocycles. The molecule has 0 unspecified atom stereocenters. The van der Waals surface area contributed by atoms with Gasteiger partial charge in [-0.3, -0.25) is 9.98 Å². The number of fused-ring (bicyclic) bond motifs is 1. The maximum Gasteiger partial charge on any atom is 0.160 e. The van der Waals surface area contributed by atoms with Gasteiger partial charge in [-0.1, -0.05) is 30.8 Å². The maximum atomic E-state index is 15.2. The molecule has 29 heavy (non-hydrogen) atoms. The predicted molar refractivity (Wildman–Crippen MR) is 115 cm³/mol. The van der Waals surface area contributed by atoms with Crippen molar-refractivity contribution >= 4 is 22.6 Å². The monoisotopic (exact) mass is 412 g/mol. The average Bonchev–Trinajstić information content (AvgIpc) is 3.34. The van der Waals surface area contributed by atoms with E-state index in [1.54, 1.807) is 17.8 Å². The fourth-order valence-electron chi connectivity index (χ4n) is 4.48. The third-order valence-electron chi connectivity index (χ3n) is 5.99. The predicted octanol–water partition coefficient (Wildman–Crippen LogP) is 4.04. The largest absolute Gasteiger partial charge is 0.378 e. The lowest BCUT2D eigenvalue weighted by atomic mass is 9.94. The third-order valence-corrected chi connectivity index (χ3v) is 7.12. The molecule has 0 aliphatic carbocycles. The SMILES string of the molecule is CC[C@@H]1CSC2=N[C@@H](c3ccccn3)[C@H](c3ccc(N4CCOCC4)c(F)c3)N21. The molecule has 0 radical (unpaired) electrons. The molecule has 3 aliphatic rings. The Bertz CT molecular complexity index is 903. The molecule has 152 valence electrons. The van der Waals surface area contributed by atoms with Crippen LogP contribution in [0.1, 0.15) is 36.7 Å². The summed E-state index contributed by atoms with van der Waals surface area (Å²) in [5, 5.41) is 1.06. The van der Waals surface area contributed by atoms with Gasteiger partial charge in [-0.2, -0.15) is 0 Å². The zero-order valence-corrected chi connectivity index (χ0v) is 17.3. The minimum Gasteiger partial charge on any atom is -0.378 e. The second-order valence-electron chi connectivity index (χ2n) is 7.65. The maximum absolute atomic E-state index is 15.2. The van der Waals surface area contributed by atoms with E-state index < -0.39 is 0 Å². The molecule has 3 atom stereocenters. The zero-order chi connectivity index (χ0) is 19.8. The van der Waals surface area contributed by atoms with Gasteiger partial charge in [0, 0.05) is 31.1 Å². The van der Waals surface area contributed by atoms with Gasteiger partial charge in [0.2, 0.25) is 0 Å². The molecule has 0 spiro atoms. The van der Waals surface area contributed by atoms with E-state index in [0.717, 1.165) is 41.7 Å². The highest BCUT2D eigenvalue weighted by Crippen LogP contribution is 2.48. The smallest absolute Gasteiger partial charge is 0.160 e. The minimum atomic E-state index is -0.169. The molecule has 1 aromatic heterocycles. The number of nitrogens with zero attached hydrogens (tertiary/aromatic N) is 4. The van der Waals surface area contributed by atoms with Crippen molar-refractivity contribution in [3.63, 3.8) is 0 Å². The molecule has 0 N–H and O–H groups in total. The molecule has 2 saturated heterocycles. The standard InChI is InChI=1S/C22H25FN4OS/c1-2-16-14-29-22-25-20(18-5-3-4-8-24-18)21(27(16)22)15-6-7-19(17(23)13-15)26-9-11-28-12-10-26/h3-8,13,16,20-21H,2,9-12,14H2,1H3/t16-,20+,21+/m1/s1. The van der Waals surface area contributed by atoms with Crippen LogP contribution in [-0.4, -0.2) is 53.1 Å². The summed E-state index contributed by atoms with van der Waals surface area (Å²) in [5.41, 5.74) is 2.57. The van der Waals surface area contributed by atoms with E-state index in [9.17, 15) is 0 Å². The lowest BCUT2D eigenvalue weighted by molar-refractivity contribution is 0.122. The molecular weight excluding hydrogens is 387 g/mol. The van der Waals surface area contributed by atoms with Crippen molar-refractivity contribution in [3.8, 4) is 0 Å². The summed E-state index contributed by atoms with van der Waals surface area (Å²) in [7, 11) is 0. The second kappa shape index (κ2) is 7.95. The number of rotatable bonds is 4. The Morgan fingerprint density at radius 3 is 2.79 bits per heavy atom. The molecular formula is C22H25FN4OS. The molecule has 5 rings (SSSR count). The number of hydrogen-bond acceptors (Lipinski definition) is 6. The number of morpholine rings is 1. The highest BCUT2D eigenvalue weighted by Gasteiger charge is 2.45. The van der Waals surface area contributed by atoms with Crippen molar-refractivity contribution in [1.29, 1.82) is 0 Å². The zero-order valence-electron chi connectivity index (χ0n) is 16.5. The van der Waals surface area contributed by atoms with Crippen molar-refractivity contribution in [1.82, 2.24) is 9.88 Å². The summed E-state index contributed by atoms with van der Waals surface area (Å²) in [6, 6.07) is 11.9. The molecule has 2 fully saturated rings. The summed E-state index contributed by atoms with van der Waals surface area (Å²) in [5.74, 6) is 0.868. The summed E-state index contributed by atoms with van der Waals surface area (Å²) in [6.07, 6.45) is 2.86. The van der Waals surface area contributed by atoms with Crippen LogP contribution in [-0.2, 0) is 4.74 Å². The Hall–Kier alpha value is -2.12. The Kier molecular flexibility index (Phi) is 5.18. The number of ether oxygens (including phenoxy) is 1. The number of aromatic nitrogens is 1. The van der Waals surface area contributed by atoms with Crippen LogP contribution >= 0.6 is 11.8 Å². The van der Waals surface area contributed by atoms with Crippen LogP contribution in [0, 0.1) is 5.82 Å². The first kappa shape index (κ1) is 18.9. The van der Waals surface area contributed by atoms with Crippen LogP contribution in [0.5, 0.6) is 0 Å². The van der Waals surface area contributed by atoms with Gasteiger partial charge in [-0.05, 0) is 36.2 Å². The van der Waals surface area contributed by atoms with E-state index >= 15 is 4.39 Å². The molecule has 2 aromatic rings. The van der Waals surface area contributed by atoms with Gasteiger partial charge in [0.25, 0.3) is 0 Å². The molecule has 3 aliphatic heterocycles. The number of halogens is 1. The first-order valence-electron chi connectivity index (χ1n) is 10.3. The molecule has 0 bridgehead atoms. The highest BCUT2D eigenvalue weighted by atomic mass is 32.2. The van der Waals surface area contributed by atoms with Crippen molar-refractivity contribution < 1.29 is 9.13 Å². The fraction of sp³-hybridized carbons (Fsp3) is 0.455. The molecule has 5 nitrogen and oxygen atoms in total. The number of benzene rings is 1. The van der Waals surface area contributed by atoms with Crippen LogP contribution < -0.4 is 4.90 Å². The number of amidine groups is 1. The molecule has 4 heterocycles. The minimum absolute atomic E-state index is 0.0203. The first-order chi connectivity index (χ1) is 14.3. The van der Waals surface area contributed by atoms with Gasteiger partial charge in [0.05, 0.1) is 30.6 Å². The van der Waals surface area contributed by atoms with E-state index in [0.29, 0.717) is 24.9 Å². The van der Waals surface area contributed by atoms with Gasteiger partial charge in [-0.15, -0.1) is 0 Å². The van der Waals surface area contributed by atoms with Crippen molar-refractivity contribution in [2.75, 3.05) is 37.0 Å². The molecule has 0 amide bonds. The lowest BCUT2D eigenvalue weighted by Crippen LogP contribution is -2.37. The highest BCUT2D eigenvalue weighted by molar-refractivity contribution is 8.14. The van der Waals surface area contributed by atoms with Gasteiger partial charge in [-0.25, -0.2) is 4.39 Å². The van der Waals surface area contributed by atoms with E-state index in [1.165, 1.54) is 0 Å². The first-order valence-corrected chi connectivity index (χ1v) is 11.3. The van der Waals surface area contributed by atoms with Gasteiger partial charge in [0.15, 0.2) is 5.17 Å². The number of thioether (sulfide) groups is 1. The van der Waals surface area contributed by atoms with Gasteiger partial charge >= 0.3 is 0 Å². The number of hydrogen-bond donors (Lipinski definition) is 0. The third kappa shape index (κ3) is 3.40. The number of anilines is 1. The summed E-state index contributed by atoms with van der Waals surface area (Å²) in [6.45, 7) is 4.95. The van der Waals surface area contributed by atoms with Crippen LogP contribution in [0.25, 0.3) is 0 Å². The quantitative estimate of drug-likeness (QED) is 0.758. The Balaban J connectivity index is 1.52. The Morgan fingerprint density at radius 1 is 1.21 bits per heavy atom. The van der Waals surface area contributed by atoms with Crippen LogP contribution in [0.2, 0.25) is 0 Å². The Morgan fingerprint density at radius 2 is 2.07 bits per heavy atom.